The average molecular weight is 760 g/mol. The third kappa shape index (κ3) is 36.8. The Morgan fingerprint density at radius 3 is 1.50 bits per heavy atom. The summed E-state index contributed by atoms with van der Waals surface area (Å²) in [7, 11) is -4.61. The molecule has 0 heterocycles. The van der Waals surface area contributed by atoms with Gasteiger partial charge in [-0.15, -0.1) is 0 Å². The maximum Gasteiger partial charge on any atom is 0.472 e. The van der Waals surface area contributed by atoms with Crippen molar-refractivity contribution in [2.45, 2.75) is 199 Å². The van der Waals surface area contributed by atoms with Crippen LogP contribution >= 0.6 is 7.82 Å². The molecule has 0 aliphatic rings. The molecule has 52 heavy (non-hydrogen) atoms. The normalized spacial score (nSPS) is 14.2. The minimum Gasteiger partial charge on any atom is -0.480 e. The molecule has 0 bridgehead atoms. The quantitative estimate of drug-likeness (QED) is 0.0238. The highest BCUT2D eigenvalue weighted by Gasteiger charge is 2.27. The first kappa shape index (κ1) is 50.5. The van der Waals surface area contributed by atoms with Crippen LogP contribution in [-0.2, 0) is 32.7 Å². The predicted octanol–water partition coefficient (Wildman–Crippen LogP) is 11.1. The maximum atomic E-state index is 12.6. The molecule has 0 aliphatic heterocycles. The predicted molar refractivity (Wildman–Crippen MR) is 212 cm³/mol. The Kier molecular flexibility index (Phi) is 36.6. The Hall–Kier alpha value is -1.55. The number of carboxylic acids is 1. The fourth-order valence-corrected chi connectivity index (χ4v) is 6.43. The second-order valence-corrected chi connectivity index (χ2v) is 15.6. The van der Waals surface area contributed by atoms with Gasteiger partial charge in [-0.05, 0) is 64.2 Å². The number of nitrogens with two attached hydrogens (primary N) is 1. The van der Waals surface area contributed by atoms with Gasteiger partial charge in [0.15, 0.2) is 0 Å². The van der Waals surface area contributed by atoms with Crippen molar-refractivity contribution >= 4 is 19.8 Å². The molecular formula is C41H78NO9P. The Morgan fingerprint density at radius 2 is 1.00 bits per heavy atom. The number of esters is 1. The van der Waals surface area contributed by atoms with Crippen molar-refractivity contribution in [3.63, 3.8) is 0 Å². The number of carbonyl (C=O) groups excluding carboxylic acids is 1. The molecular weight excluding hydrogens is 681 g/mol. The molecule has 0 rings (SSSR count). The SMILES string of the molecule is CCCCC/C=C\CCCCCCCC(=O)OC(COCCCCCCCCCC/C=C\CCCCCCCC)COP(=O)(O)OCC(N)C(=O)O. The van der Waals surface area contributed by atoms with E-state index < -0.39 is 45.1 Å². The van der Waals surface area contributed by atoms with E-state index in [4.69, 9.17) is 29.4 Å². The van der Waals surface area contributed by atoms with E-state index in [0.717, 1.165) is 57.8 Å². The number of phosphoric ester groups is 1. The summed E-state index contributed by atoms with van der Waals surface area (Å²) in [6.45, 7) is 3.84. The van der Waals surface area contributed by atoms with Gasteiger partial charge >= 0.3 is 19.8 Å². The summed E-state index contributed by atoms with van der Waals surface area (Å²) in [5, 5.41) is 8.88. The van der Waals surface area contributed by atoms with Crippen LogP contribution < -0.4 is 5.73 Å². The monoisotopic (exact) mass is 760 g/mol. The zero-order valence-corrected chi connectivity index (χ0v) is 34.1. The van der Waals surface area contributed by atoms with Crippen molar-refractivity contribution in [2.75, 3.05) is 26.4 Å². The van der Waals surface area contributed by atoms with Crippen LogP contribution in [0, 0.1) is 0 Å². The molecule has 10 nitrogen and oxygen atoms in total. The summed E-state index contributed by atoms with van der Waals surface area (Å²) in [6.07, 6.45) is 39.4. The van der Waals surface area contributed by atoms with Crippen LogP contribution in [-0.4, -0.2) is 60.5 Å². The minimum atomic E-state index is -4.61. The molecule has 11 heteroatoms. The number of hydrogen-bond acceptors (Lipinski definition) is 8. The van der Waals surface area contributed by atoms with Gasteiger partial charge in [-0.25, -0.2) is 4.57 Å². The van der Waals surface area contributed by atoms with E-state index in [9.17, 15) is 19.0 Å². The molecule has 0 amide bonds. The zero-order valence-electron chi connectivity index (χ0n) is 33.2. The third-order valence-electron chi connectivity index (χ3n) is 8.95. The van der Waals surface area contributed by atoms with E-state index in [1.54, 1.807) is 0 Å². The summed E-state index contributed by atoms with van der Waals surface area (Å²) >= 11 is 0. The number of unbranched alkanes of at least 4 members (excludes halogenated alkanes) is 22. The summed E-state index contributed by atoms with van der Waals surface area (Å²) in [5.74, 6) is -1.79. The molecule has 0 saturated carbocycles. The van der Waals surface area contributed by atoms with Gasteiger partial charge in [-0.3, -0.25) is 18.6 Å². The van der Waals surface area contributed by atoms with Crippen LogP contribution in [0.2, 0.25) is 0 Å². The van der Waals surface area contributed by atoms with E-state index in [-0.39, 0.29) is 13.0 Å². The number of phosphoric acid groups is 1. The van der Waals surface area contributed by atoms with E-state index in [1.165, 1.54) is 103 Å². The highest BCUT2D eigenvalue weighted by atomic mass is 31.2. The lowest BCUT2D eigenvalue weighted by Gasteiger charge is -2.20. The molecule has 4 N–H and O–H groups in total. The summed E-state index contributed by atoms with van der Waals surface area (Å²) in [5.41, 5.74) is 5.34. The van der Waals surface area contributed by atoms with Crippen LogP contribution in [0.1, 0.15) is 187 Å². The third-order valence-corrected chi connectivity index (χ3v) is 9.90. The topological polar surface area (TPSA) is 155 Å². The van der Waals surface area contributed by atoms with E-state index in [0.29, 0.717) is 13.0 Å². The Morgan fingerprint density at radius 1 is 0.596 bits per heavy atom. The second-order valence-electron chi connectivity index (χ2n) is 14.1. The lowest BCUT2D eigenvalue weighted by atomic mass is 10.1. The maximum absolute atomic E-state index is 12.6. The Labute approximate surface area is 317 Å². The van der Waals surface area contributed by atoms with Crippen molar-refractivity contribution in [3.8, 4) is 0 Å². The van der Waals surface area contributed by atoms with Crippen LogP contribution in [0.15, 0.2) is 24.3 Å². The van der Waals surface area contributed by atoms with Gasteiger partial charge in [0.1, 0.15) is 12.1 Å². The van der Waals surface area contributed by atoms with Gasteiger partial charge in [0.05, 0.1) is 19.8 Å². The second kappa shape index (κ2) is 37.8. The van der Waals surface area contributed by atoms with Gasteiger partial charge in [-0.1, -0.05) is 141 Å². The van der Waals surface area contributed by atoms with Crippen LogP contribution in [0.3, 0.4) is 0 Å². The number of ether oxygens (including phenoxy) is 2. The molecule has 3 unspecified atom stereocenters. The first-order valence-corrected chi connectivity index (χ1v) is 22.4. The number of hydrogen-bond donors (Lipinski definition) is 3. The van der Waals surface area contributed by atoms with Crippen LogP contribution in [0.5, 0.6) is 0 Å². The molecule has 0 aliphatic carbocycles. The molecule has 0 spiro atoms. The largest absolute Gasteiger partial charge is 0.480 e. The van der Waals surface area contributed by atoms with Gasteiger partial charge in [-0.2, -0.15) is 0 Å². The number of aliphatic carboxylic acids is 1. The number of allylic oxidation sites excluding steroid dienone is 4. The van der Waals surface area contributed by atoms with Crippen molar-refractivity contribution < 1.29 is 42.7 Å². The smallest absolute Gasteiger partial charge is 0.472 e. The number of rotatable bonds is 40. The first-order chi connectivity index (χ1) is 25.2. The molecule has 0 aromatic carbocycles. The Balaban J connectivity index is 4.23. The fraction of sp³-hybridized carbons (Fsp3) is 0.854. The molecule has 0 radical (unpaired) electrons. The fourth-order valence-electron chi connectivity index (χ4n) is 5.65. The number of carboxylic acid groups (broad SMARTS) is 1. The average Bonchev–Trinajstić information content (AvgIpc) is 3.12. The lowest BCUT2D eigenvalue weighted by Crippen LogP contribution is -2.34. The van der Waals surface area contributed by atoms with E-state index in [2.05, 4.69) is 38.2 Å². The zero-order chi connectivity index (χ0) is 38.4. The summed E-state index contributed by atoms with van der Waals surface area (Å²) in [6, 6.07) is -1.47. The molecule has 3 atom stereocenters. The standard InChI is InChI=1S/C41H78NO9P/c1-3-5-7-9-11-13-15-17-18-19-20-21-22-24-26-28-30-32-34-48-35-38(36-49-52(46,47)50-37-39(42)41(44)45)51-40(43)33-31-29-27-25-23-16-14-12-10-8-6-4-2/h12,14,17-18,38-39H,3-11,13,15-16,19-37,42H2,1-2H3,(H,44,45)(H,46,47)/b14-12-,18-17-. The van der Waals surface area contributed by atoms with E-state index >= 15 is 0 Å². The molecule has 306 valence electrons. The van der Waals surface area contributed by atoms with Crippen LogP contribution in [0.25, 0.3) is 0 Å². The van der Waals surface area contributed by atoms with Gasteiger partial charge in [0.25, 0.3) is 0 Å². The highest BCUT2D eigenvalue weighted by molar-refractivity contribution is 7.47. The molecule has 0 fully saturated rings. The Bertz CT molecular complexity index is 930. The molecule has 0 aromatic heterocycles. The summed E-state index contributed by atoms with van der Waals surface area (Å²) in [4.78, 5) is 33.4. The molecule has 0 aromatic rings. The minimum absolute atomic E-state index is 0.0136. The van der Waals surface area contributed by atoms with Gasteiger partial charge < -0.3 is 25.2 Å². The van der Waals surface area contributed by atoms with Crippen LogP contribution in [0.4, 0.5) is 0 Å². The first-order valence-electron chi connectivity index (χ1n) is 20.9. The van der Waals surface area contributed by atoms with Crippen molar-refractivity contribution in [3.05, 3.63) is 24.3 Å². The lowest BCUT2D eigenvalue weighted by molar-refractivity contribution is -0.154. The highest BCUT2D eigenvalue weighted by Crippen LogP contribution is 2.43. The van der Waals surface area contributed by atoms with Gasteiger partial charge in [0.2, 0.25) is 0 Å². The van der Waals surface area contributed by atoms with Crippen molar-refractivity contribution in [2.24, 2.45) is 5.73 Å². The van der Waals surface area contributed by atoms with Crippen molar-refractivity contribution in [1.29, 1.82) is 0 Å². The van der Waals surface area contributed by atoms with E-state index in [1.807, 2.05) is 0 Å². The van der Waals surface area contributed by atoms with Crippen molar-refractivity contribution in [1.82, 2.24) is 0 Å². The number of carbonyl (C=O) groups is 2. The molecule has 0 saturated heterocycles. The summed E-state index contributed by atoms with van der Waals surface area (Å²) < 4.78 is 33.3. The van der Waals surface area contributed by atoms with Gasteiger partial charge in [0, 0.05) is 13.0 Å².